The van der Waals surface area contributed by atoms with E-state index in [9.17, 15) is 0 Å². The van der Waals surface area contributed by atoms with E-state index in [2.05, 4.69) is 43.7 Å². The second-order valence-corrected chi connectivity index (χ2v) is 7.84. The predicted molar refractivity (Wildman–Crippen MR) is 104 cm³/mol. The van der Waals surface area contributed by atoms with Crippen LogP contribution in [0.3, 0.4) is 0 Å². The third-order valence-corrected chi connectivity index (χ3v) is 5.49. The number of benzene rings is 1. The molecule has 2 aliphatic rings. The maximum absolute atomic E-state index is 5.52. The van der Waals surface area contributed by atoms with E-state index in [1.54, 1.807) is 0 Å². The Bertz CT molecular complexity index is 998. The second-order valence-electron chi connectivity index (χ2n) is 7.84. The molecule has 1 saturated heterocycles. The van der Waals surface area contributed by atoms with Crippen LogP contribution in [0.1, 0.15) is 50.4 Å². The van der Waals surface area contributed by atoms with Gasteiger partial charge in [-0.3, -0.25) is 4.90 Å². The molecule has 1 fully saturated rings. The van der Waals surface area contributed by atoms with Crippen molar-refractivity contribution in [1.29, 1.82) is 0 Å². The van der Waals surface area contributed by atoms with E-state index in [-0.39, 0.29) is 6.79 Å². The van der Waals surface area contributed by atoms with Crippen LogP contribution >= 0.6 is 0 Å². The summed E-state index contributed by atoms with van der Waals surface area (Å²) >= 11 is 0. The van der Waals surface area contributed by atoms with Crippen LogP contribution in [0.5, 0.6) is 11.5 Å². The molecule has 9 nitrogen and oxygen atoms in total. The number of piperidine rings is 1. The van der Waals surface area contributed by atoms with Gasteiger partial charge in [0, 0.05) is 24.1 Å². The zero-order chi connectivity index (χ0) is 19.8. The lowest BCUT2D eigenvalue weighted by Crippen LogP contribution is -2.35. The molecule has 2 aromatic heterocycles. The lowest BCUT2D eigenvalue weighted by Gasteiger charge is -2.31. The molecule has 29 heavy (non-hydrogen) atoms. The maximum Gasteiger partial charge on any atom is 0.241 e. The topological polar surface area (TPSA) is 91.3 Å². The summed E-state index contributed by atoms with van der Waals surface area (Å²) in [4.78, 5) is 6.94. The summed E-state index contributed by atoms with van der Waals surface area (Å²) in [6.07, 6.45) is 4.06. The van der Waals surface area contributed by atoms with Crippen LogP contribution in [0.4, 0.5) is 0 Å². The molecule has 0 amide bonds. The Hall–Kier alpha value is -2.94. The van der Waals surface area contributed by atoms with Crippen molar-refractivity contribution in [3.63, 3.8) is 0 Å². The van der Waals surface area contributed by atoms with Crippen LogP contribution in [0, 0.1) is 0 Å². The highest BCUT2D eigenvalue weighted by Gasteiger charge is 2.27. The van der Waals surface area contributed by atoms with Gasteiger partial charge in [0.1, 0.15) is 12.2 Å². The maximum atomic E-state index is 5.52. The van der Waals surface area contributed by atoms with Crippen molar-refractivity contribution in [3.05, 3.63) is 36.2 Å². The average Bonchev–Trinajstić information content (AvgIpc) is 3.47. The molecule has 0 spiro atoms. The van der Waals surface area contributed by atoms with E-state index in [1.807, 2.05) is 24.5 Å². The number of likely N-dealkylation sites (tertiary alicyclic amines) is 1. The molecule has 1 atom stereocenters. The van der Waals surface area contributed by atoms with Gasteiger partial charge < -0.3 is 18.6 Å². The number of hydrogen-bond donors (Lipinski definition) is 0. The molecular weight excluding hydrogens is 372 g/mol. The Morgan fingerprint density at radius 2 is 2.10 bits per heavy atom. The Kier molecular flexibility index (Phi) is 4.67. The van der Waals surface area contributed by atoms with Gasteiger partial charge in [-0.15, -0.1) is 10.2 Å². The fourth-order valence-electron chi connectivity index (χ4n) is 4.01. The Morgan fingerprint density at radius 1 is 1.21 bits per heavy atom. The van der Waals surface area contributed by atoms with Crippen LogP contribution < -0.4 is 9.47 Å². The molecule has 0 bridgehead atoms. The van der Waals surface area contributed by atoms with Gasteiger partial charge in [-0.1, -0.05) is 5.16 Å². The number of hydrogen-bond acceptors (Lipinski definition) is 8. The molecule has 0 radical (unpaired) electrons. The van der Waals surface area contributed by atoms with E-state index < -0.39 is 0 Å². The molecule has 9 heteroatoms. The minimum Gasteiger partial charge on any atom is -0.454 e. The molecule has 152 valence electrons. The third-order valence-electron chi connectivity index (χ3n) is 5.49. The number of nitrogens with zero attached hydrogens (tertiary/aromatic N) is 6. The molecule has 0 N–H and O–H groups in total. The SMILES string of the molecule is CC(C)n1cnnc1C1CCCN(Cc2nc(-c3ccc4c(c3)OCO4)no2)C1. The highest BCUT2D eigenvalue weighted by Crippen LogP contribution is 2.35. The smallest absolute Gasteiger partial charge is 0.241 e. The quantitative estimate of drug-likeness (QED) is 0.650. The monoisotopic (exact) mass is 396 g/mol. The Balaban J connectivity index is 1.28. The molecule has 4 heterocycles. The van der Waals surface area contributed by atoms with Crippen LogP contribution in [-0.4, -0.2) is 49.7 Å². The van der Waals surface area contributed by atoms with Gasteiger partial charge in [0.15, 0.2) is 11.5 Å². The lowest BCUT2D eigenvalue weighted by molar-refractivity contribution is 0.172. The minimum absolute atomic E-state index is 0.247. The van der Waals surface area contributed by atoms with Crippen molar-refractivity contribution in [2.45, 2.75) is 45.2 Å². The van der Waals surface area contributed by atoms with Crippen LogP contribution in [0.2, 0.25) is 0 Å². The summed E-state index contributed by atoms with van der Waals surface area (Å²) in [5.41, 5.74) is 0.853. The highest BCUT2D eigenvalue weighted by molar-refractivity contribution is 5.61. The molecule has 1 unspecified atom stereocenters. The van der Waals surface area contributed by atoms with Gasteiger partial charge in [0.25, 0.3) is 0 Å². The number of aromatic nitrogens is 5. The fraction of sp³-hybridized carbons (Fsp3) is 0.500. The van der Waals surface area contributed by atoms with Gasteiger partial charge in [-0.25, -0.2) is 0 Å². The first kappa shape index (κ1) is 18.1. The number of ether oxygens (including phenoxy) is 2. The largest absolute Gasteiger partial charge is 0.454 e. The molecule has 5 rings (SSSR count). The summed E-state index contributed by atoms with van der Waals surface area (Å²) in [7, 11) is 0. The van der Waals surface area contributed by atoms with Gasteiger partial charge in [-0.05, 0) is 51.4 Å². The molecular formula is C20H24N6O3. The summed E-state index contributed by atoms with van der Waals surface area (Å²) in [5.74, 6) is 4.06. The first-order chi connectivity index (χ1) is 14.2. The average molecular weight is 396 g/mol. The number of fused-ring (bicyclic) bond motifs is 1. The van der Waals surface area contributed by atoms with E-state index >= 15 is 0 Å². The zero-order valence-electron chi connectivity index (χ0n) is 16.6. The van der Waals surface area contributed by atoms with Crippen molar-refractivity contribution in [2.24, 2.45) is 0 Å². The minimum atomic E-state index is 0.247. The first-order valence-corrected chi connectivity index (χ1v) is 10.0. The Morgan fingerprint density at radius 3 is 3.00 bits per heavy atom. The van der Waals surface area contributed by atoms with Gasteiger partial charge in [-0.2, -0.15) is 4.98 Å². The molecule has 0 saturated carbocycles. The van der Waals surface area contributed by atoms with Gasteiger partial charge in [0.05, 0.1) is 6.54 Å². The summed E-state index contributed by atoms with van der Waals surface area (Å²) in [6.45, 7) is 7.11. The van der Waals surface area contributed by atoms with Crippen LogP contribution in [0.15, 0.2) is 29.0 Å². The van der Waals surface area contributed by atoms with E-state index in [0.717, 1.165) is 43.1 Å². The summed E-state index contributed by atoms with van der Waals surface area (Å²) in [6, 6.07) is 6.02. The summed E-state index contributed by atoms with van der Waals surface area (Å²) < 4.78 is 18.5. The van der Waals surface area contributed by atoms with E-state index in [1.165, 1.54) is 0 Å². The van der Waals surface area contributed by atoms with Crippen molar-refractivity contribution in [3.8, 4) is 22.9 Å². The van der Waals surface area contributed by atoms with Crippen LogP contribution in [0.25, 0.3) is 11.4 Å². The number of rotatable bonds is 5. The summed E-state index contributed by atoms with van der Waals surface area (Å²) in [5, 5.41) is 12.7. The van der Waals surface area contributed by atoms with Crippen molar-refractivity contribution in [2.75, 3.05) is 19.9 Å². The van der Waals surface area contributed by atoms with Gasteiger partial charge in [0.2, 0.25) is 18.5 Å². The van der Waals surface area contributed by atoms with Crippen molar-refractivity contribution in [1.82, 2.24) is 29.8 Å². The third kappa shape index (κ3) is 3.57. The fourth-order valence-corrected chi connectivity index (χ4v) is 4.01. The van der Waals surface area contributed by atoms with Crippen LogP contribution in [-0.2, 0) is 6.54 Å². The zero-order valence-corrected chi connectivity index (χ0v) is 16.6. The molecule has 1 aromatic carbocycles. The predicted octanol–water partition coefficient (Wildman–Crippen LogP) is 3.02. The first-order valence-electron chi connectivity index (χ1n) is 10.0. The standard InChI is InChI=1S/C20H24N6O3/c1-13(2)26-11-21-23-20(26)15-4-3-7-25(9-15)10-18-22-19(24-29-18)14-5-6-16-17(8-14)28-12-27-16/h5-6,8,11,13,15H,3-4,7,9-10,12H2,1-2H3. The Labute approximate surface area is 168 Å². The van der Waals surface area contributed by atoms with E-state index in [0.29, 0.717) is 36.0 Å². The molecule has 2 aliphatic heterocycles. The normalized spacial score (nSPS) is 19.2. The van der Waals surface area contributed by atoms with Gasteiger partial charge >= 0.3 is 0 Å². The lowest BCUT2D eigenvalue weighted by atomic mass is 9.97. The van der Waals surface area contributed by atoms with Crippen molar-refractivity contribution >= 4 is 0 Å². The van der Waals surface area contributed by atoms with E-state index in [4.69, 9.17) is 14.0 Å². The molecule has 3 aromatic rings. The second kappa shape index (κ2) is 7.47. The highest BCUT2D eigenvalue weighted by atomic mass is 16.7. The molecule has 0 aliphatic carbocycles. The van der Waals surface area contributed by atoms with Crippen molar-refractivity contribution < 1.29 is 14.0 Å².